The molecule has 8 heteroatoms. The molecule has 0 aliphatic carbocycles. The Kier molecular flexibility index (Phi) is 5.62. The highest BCUT2D eigenvalue weighted by molar-refractivity contribution is 9.11. The largest absolute Gasteiger partial charge is 0.503 e. The standard InChI is InChI=1S/C15H12Br2N2O4/c1-23-11-5-3-2-4-9(11)15(22)19-18-7-8-6-10(16)13(20)14(21)12(8)17/h2-7,20-21H,1H3,(H,19,22)/b18-7+. The summed E-state index contributed by atoms with van der Waals surface area (Å²) in [6.07, 6.45) is 1.33. The van der Waals surface area contributed by atoms with E-state index in [4.69, 9.17) is 4.74 Å². The van der Waals surface area contributed by atoms with Gasteiger partial charge in [-0.05, 0) is 50.1 Å². The van der Waals surface area contributed by atoms with Gasteiger partial charge in [-0.2, -0.15) is 5.10 Å². The van der Waals surface area contributed by atoms with Crippen LogP contribution in [0.3, 0.4) is 0 Å². The molecular formula is C15H12Br2N2O4. The third kappa shape index (κ3) is 3.83. The van der Waals surface area contributed by atoms with E-state index in [0.29, 0.717) is 21.3 Å². The number of hydrazone groups is 1. The van der Waals surface area contributed by atoms with Crippen molar-refractivity contribution in [3.05, 3.63) is 50.4 Å². The van der Waals surface area contributed by atoms with Gasteiger partial charge in [-0.3, -0.25) is 4.79 Å². The summed E-state index contributed by atoms with van der Waals surface area (Å²) in [6.45, 7) is 0. The van der Waals surface area contributed by atoms with Gasteiger partial charge in [0.1, 0.15) is 5.75 Å². The SMILES string of the molecule is COc1ccccc1C(=O)N/N=C/c1cc(Br)c(O)c(O)c1Br. The van der Waals surface area contributed by atoms with E-state index in [2.05, 4.69) is 42.4 Å². The number of phenolic OH excluding ortho intramolecular Hbond substituents is 2. The summed E-state index contributed by atoms with van der Waals surface area (Å²) in [7, 11) is 1.48. The van der Waals surface area contributed by atoms with Crippen molar-refractivity contribution in [1.82, 2.24) is 5.43 Å². The summed E-state index contributed by atoms with van der Waals surface area (Å²) in [6, 6.07) is 8.30. The Labute approximate surface area is 149 Å². The molecule has 2 rings (SSSR count). The van der Waals surface area contributed by atoms with Crippen molar-refractivity contribution in [2.75, 3.05) is 7.11 Å². The number of rotatable bonds is 4. The topological polar surface area (TPSA) is 91.2 Å². The normalized spacial score (nSPS) is 10.7. The molecule has 0 radical (unpaired) electrons. The maximum atomic E-state index is 12.1. The first kappa shape index (κ1) is 17.3. The third-order valence-electron chi connectivity index (χ3n) is 2.92. The number of carbonyl (C=O) groups is 1. The molecule has 1 amide bonds. The number of nitrogens with one attached hydrogen (secondary N) is 1. The molecule has 0 heterocycles. The summed E-state index contributed by atoms with van der Waals surface area (Å²) in [5.74, 6) is -0.604. The zero-order valence-corrected chi connectivity index (χ0v) is 15.1. The van der Waals surface area contributed by atoms with Gasteiger partial charge in [-0.1, -0.05) is 12.1 Å². The second-order valence-electron chi connectivity index (χ2n) is 4.36. The van der Waals surface area contributed by atoms with Gasteiger partial charge >= 0.3 is 0 Å². The third-order valence-corrected chi connectivity index (χ3v) is 4.35. The molecule has 0 atom stereocenters. The number of halogens is 2. The molecule has 2 aromatic carbocycles. The van der Waals surface area contributed by atoms with Crippen molar-refractivity contribution >= 4 is 44.0 Å². The van der Waals surface area contributed by atoms with Crippen LogP contribution in [0, 0.1) is 0 Å². The Bertz CT molecular complexity index is 778. The van der Waals surface area contributed by atoms with E-state index in [-0.39, 0.29) is 16.0 Å². The van der Waals surface area contributed by atoms with Crippen molar-refractivity contribution in [2.24, 2.45) is 5.10 Å². The van der Waals surface area contributed by atoms with E-state index in [1.165, 1.54) is 19.4 Å². The van der Waals surface area contributed by atoms with Crippen molar-refractivity contribution in [3.8, 4) is 17.2 Å². The van der Waals surface area contributed by atoms with Gasteiger partial charge in [0, 0.05) is 5.56 Å². The summed E-state index contributed by atoms with van der Waals surface area (Å²) in [5.41, 5.74) is 3.19. The van der Waals surface area contributed by atoms with Gasteiger partial charge in [0.15, 0.2) is 11.5 Å². The fraction of sp³-hybridized carbons (Fsp3) is 0.0667. The smallest absolute Gasteiger partial charge is 0.275 e. The monoisotopic (exact) mass is 442 g/mol. The molecule has 0 aliphatic rings. The summed E-state index contributed by atoms with van der Waals surface area (Å²) >= 11 is 6.26. The first-order valence-electron chi connectivity index (χ1n) is 6.32. The number of amides is 1. The van der Waals surface area contributed by atoms with Crippen molar-refractivity contribution in [1.29, 1.82) is 0 Å². The number of hydrogen-bond donors (Lipinski definition) is 3. The highest BCUT2D eigenvalue weighted by Gasteiger charge is 2.13. The van der Waals surface area contributed by atoms with Crippen LogP contribution in [0.2, 0.25) is 0 Å². The average Bonchev–Trinajstić information content (AvgIpc) is 2.57. The van der Waals surface area contributed by atoms with Crippen LogP contribution in [0.4, 0.5) is 0 Å². The lowest BCUT2D eigenvalue weighted by Crippen LogP contribution is -2.18. The molecule has 120 valence electrons. The van der Waals surface area contributed by atoms with Gasteiger partial charge in [0.05, 0.1) is 27.8 Å². The van der Waals surface area contributed by atoms with E-state index in [1.807, 2.05) is 0 Å². The molecule has 0 saturated heterocycles. The number of benzene rings is 2. The van der Waals surface area contributed by atoms with Gasteiger partial charge in [0.2, 0.25) is 0 Å². The van der Waals surface area contributed by atoms with Gasteiger partial charge < -0.3 is 14.9 Å². The van der Waals surface area contributed by atoms with E-state index in [9.17, 15) is 15.0 Å². The Hall–Kier alpha value is -2.06. The minimum atomic E-state index is -0.433. The zero-order valence-electron chi connectivity index (χ0n) is 11.9. The molecule has 0 spiro atoms. The minimum Gasteiger partial charge on any atom is -0.503 e. The van der Waals surface area contributed by atoms with Crippen molar-refractivity contribution in [3.63, 3.8) is 0 Å². The first-order chi connectivity index (χ1) is 11.0. The van der Waals surface area contributed by atoms with Crippen LogP contribution in [-0.4, -0.2) is 29.4 Å². The number of ether oxygens (including phenoxy) is 1. The van der Waals surface area contributed by atoms with Gasteiger partial charge in [-0.15, -0.1) is 0 Å². The molecule has 0 aromatic heterocycles. The lowest BCUT2D eigenvalue weighted by atomic mass is 10.2. The maximum Gasteiger partial charge on any atom is 0.275 e. The van der Waals surface area contributed by atoms with Crippen LogP contribution >= 0.6 is 31.9 Å². The van der Waals surface area contributed by atoms with Crippen molar-refractivity contribution in [2.45, 2.75) is 0 Å². The molecule has 6 nitrogen and oxygen atoms in total. The number of para-hydroxylation sites is 1. The summed E-state index contributed by atoms with van der Waals surface area (Å²) < 4.78 is 5.67. The lowest BCUT2D eigenvalue weighted by Gasteiger charge is -2.07. The quantitative estimate of drug-likeness (QED) is 0.383. The predicted molar refractivity (Wildman–Crippen MR) is 93.2 cm³/mol. The molecule has 0 saturated carbocycles. The average molecular weight is 444 g/mol. The summed E-state index contributed by atoms with van der Waals surface area (Å²) in [4.78, 5) is 12.1. The Morgan fingerprint density at radius 2 is 1.96 bits per heavy atom. The lowest BCUT2D eigenvalue weighted by molar-refractivity contribution is 0.0952. The highest BCUT2D eigenvalue weighted by atomic mass is 79.9. The molecule has 23 heavy (non-hydrogen) atoms. The Morgan fingerprint density at radius 3 is 2.65 bits per heavy atom. The fourth-order valence-electron chi connectivity index (χ4n) is 1.77. The fourth-order valence-corrected chi connectivity index (χ4v) is 2.61. The Balaban J connectivity index is 2.18. The molecule has 0 bridgehead atoms. The first-order valence-corrected chi connectivity index (χ1v) is 7.90. The van der Waals surface area contributed by atoms with Crippen LogP contribution in [0.5, 0.6) is 17.2 Å². The van der Waals surface area contributed by atoms with E-state index in [1.54, 1.807) is 24.3 Å². The van der Waals surface area contributed by atoms with Crippen LogP contribution in [0.15, 0.2) is 44.4 Å². The number of nitrogens with zero attached hydrogens (tertiary/aromatic N) is 1. The van der Waals surface area contributed by atoms with Gasteiger partial charge in [-0.25, -0.2) is 5.43 Å². The van der Waals surface area contributed by atoms with Crippen LogP contribution in [0.1, 0.15) is 15.9 Å². The molecule has 0 unspecified atom stereocenters. The molecule has 0 fully saturated rings. The number of carbonyl (C=O) groups excluding carboxylic acids is 1. The van der Waals surface area contributed by atoms with Gasteiger partial charge in [0.25, 0.3) is 5.91 Å². The van der Waals surface area contributed by atoms with E-state index < -0.39 is 5.91 Å². The molecular weight excluding hydrogens is 432 g/mol. The van der Waals surface area contributed by atoms with Crippen molar-refractivity contribution < 1.29 is 19.7 Å². The van der Waals surface area contributed by atoms with Crippen LogP contribution < -0.4 is 10.2 Å². The molecule has 0 aliphatic heterocycles. The minimum absolute atomic E-state index is 0.258. The maximum absolute atomic E-state index is 12.1. The van der Waals surface area contributed by atoms with E-state index in [0.717, 1.165) is 0 Å². The zero-order chi connectivity index (χ0) is 17.0. The molecule has 2 aromatic rings. The van der Waals surface area contributed by atoms with E-state index >= 15 is 0 Å². The van der Waals surface area contributed by atoms with Crippen LogP contribution in [0.25, 0.3) is 0 Å². The Morgan fingerprint density at radius 1 is 1.26 bits per heavy atom. The number of aromatic hydroxyl groups is 2. The number of phenols is 2. The van der Waals surface area contributed by atoms with Crippen LogP contribution in [-0.2, 0) is 0 Å². The summed E-state index contributed by atoms with van der Waals surface area (Å²) in [5, 5.41) is 23.1. The number of hydrogen-bond acceptors (Lipinski definition) is 5. The molecule has 3 N–H and O–H groups in total. The second-order valence-corrected chi connectivity index (χ2v) is 6.01. The second kappa shape index (κ2) is 7.47. The predicted octanol–water partition coefficient (Wildman–Crippen LogP) is 3.40. The highest BCUT2D eigenvalue weighted by Crippen LogP contribution is 2.40. The number of methoxy groups -OCH3 is 1.